The lowest BCUT2D eigenvalue weighted by Crippen LogP contribution is -2.28. The van der Waals surface area contributed by atoms with E-state index in [4.69, 9.17) is 11.6 Å². The second-order valence-corrected chi connectivity index (χ2v) is 2.64. The van der Waals surface area contributed by atoms with Crippen molar-refractivity contribution in [3.05, 3.63) is 17.7 Å². The van der Waals surface area contributed by atoms with Crippen LogP contribution in [0.15, 0.2) is 12.5 Å². The molecule has 0 spiro atoms. The zero-order valence-corrected chi connectivity index (χ0v) is 6.63. The highest BCUT2D eigenvalue weighted by Crippen LogP contribution is 2.14. The van der Waals surface area contributed by atoms with Crippen LogP contribution in [0.2, 0.25) is 5.15 Å². The van der Waals surface area contributed by atoms with Gasteiger partial charge in [0, 0.05) is 0 Å². The molecular weight excluding hydrogens is 164 g/mol. The summed E-state index contributed by atoms with van der Waals surface area (Å²) in [5.41, 5.74) is 0.757. The van der Waals surface area contributed by atoms with Gasteiger partial charge >= 0.3 is 0 Å². The first-order valence-electron chi connectivity index (χ1n) is 3.12. The van der Waals surface area contributed by atoms with E-state index in [1.54, 1.807) is 4.68 Å². The first-order valence-corrected chi connectivity index (χ1v) is 3.50. The molecule has 2 aromatic rings. The number of hydrogen-bond donors (Lipinski definition) is 1. The van der Waals surface area contributed by atoms with Crippen LogP contribution in [-0.4, -0.2) is 15.1 Å². The summed E-state index contributed by atoms with van der Waals surface area (Å²) in [6.07, 6.45) is 3.28. The Kier molecular flexibility index (Phi) is 1.29. The number of rotatable bonds is 0. The van der Waals surface area contributed by atoms with E-state index in [1.807, 2.05) is 13.2 Å². The number of hydrogen-bond acceptors (Lipinski definition) is 2. The molecule has 0 aromatic carbocycles. The minimum absolute atomic E-state index is 0.479. The van der Waals surface area contributed by atoms with Gasteiger partial charge in [-0.05, 0) is 0 Å². The van der Waals surface area contributed by atoms with Gasteiger partial charge in [0.2, 0.25) is 11.8 Å². The number of nitrogens with zero attached hydrogens (tertiary/aromatic N) is 3. The monoisotopic (exact) mass is 169 g/mol. The SMILES string of the molecule is C[n+]1cc2c(Cl)ncnc2[nH]1. The number of aromatic amines is 1. The summed E-state index contributed by atoms with van der Waals surface area (Å²) >= 11 is 5.79. The molecule has 0 atom stereocenters. The molecule has 0 radical (unpaired) electrons. The third-order valence-corrected chi connectivity index (χ3v) is 1.74. The predicted molar refractivity (Wildman–Crippen MR) is 40.1 cm³/mol. The Labute approximate surface area is 67.8 Å². The standard InChI is InChI=1S/C6H5ClN4/c1-11-2-4-5(7)8-3-9-6(4)10-11/h2-3H,1H3/p+1. The van der Waals surface area contributed by atoms with Crippen molar-refractivity contribution in [3.8, 4) is 0 Å². The van der Waals surface area contributed by atoms with Crippen molar-refractivity contribution in [1.82, 2.24) is 15.1 Å². The number of aromatic nitrogens is 4. The van der Waals surface area contributed by atoms with Gasteiger partial charge in [-0.1, -0.05) is 11.6 Å². The Hall–Kier alpha value is -1.16. The van der Waals surface area contributed by atoms with Crippen LogP contribution in [0.25, 0.3) is 11.0 Å². The van der Waals surface area contributed by atoms with Crippen molar-refractivity contribution in [2.45, 2.75) is 0 Å². The average Bonchev–Trinajstić information content (AvgIpc) is 2.31. The lowest BCUT2D eigenvalue weighted by atomic mass is 10.4. The summed E-state index contributed by atoms with van der Waals surface area (Å²) in [5.74, 6) is 0. The van der Waals surface area contributed by atoms with Crippen LogP contribution >= 0.6 is 11.6 Å². The number of nitrogens with one attached hydrogen (secondary N) is 1. The Bertz CT molecular complexity index is 394. The predicted octanol–water partition coefficient (Wildman–Crippen LogP) is 0.436. The number of aryl methyl sites for hydroxylation is 1. The summed E-state index contributed by atoms with van der Waals surface area (Å²) in [6.45, 7) is 0. The van der Waals surface area contributed by atoms with Gasteiger partial charge < -0.3 is 0 Å². The van der Waals surface area contributed by atoms with Crippen LogP contribution < -0.4 is 4.68 Å². The highest BCUT2D eigenvalue weighted by atomic mass is 35.5. The molecule has 0 saturated carbocycles. The lowest BCUT2D eigenvalue weighted by molar-refractivity contribution is -0.724. The van der Waals surface area contributed by atoms with Crippen LogP contribution in [0, 0.1) is 0 Å². The third kappa shape index (κ3) is 0.952. The largest absolute Gasteiger partial charge is 0.224 e. The van der Waals surface area contributed by atoms with E-state index in [0.29, 0.717) is 5.15 Å². The molecule has 2 aromatic heterocycles. The maximum Gasteiger partial charge on any atom is 0.207 e. The van der Waals surface area contributed by atoms with Gasteiger partial charge in [-0.25, -0.2) is 9.97 Å². The average molecular weight is 170 g/mol. The molecule has 1 N–H and O–H groups in total. The van der Waals surface area contributed by atoms with Gasteiger partial charge in [0.25, 0.3) is 0 Å². The number of halogens is 1. The minimum Gasteiger partial charge on any atom is -0.224 e. The van der Waals surface area contributed by atoms with Crippen LogP contribution in [-0.2, 0) is 7.05 Å². The third-order valence-electron chi connectivity index (χ3n) is 1.44. The molecule has 2 heterocycles. The molecule has 0 aliphatic rings. The molecule has 0 fully saturated rings. The van der Waals surface area contributed by atoms with Gasteiger partial charge in [-0.2, -0.15) is 0 Å². The maximum absolute atomic E-state index is 5.79. The van der Waals surface area contributed by atoms with E-state index < -0.39 is 0 Å². The molecular formula is C6H6ClN4+. The Balaban J connectivity index is 2.90. The van der Waals surface area contributed by atoms with Gasteiger partial charge in [-0.3, -0.25) is 0 Å². The molecule has 0 aliphatic heterocycles. The van der Waals surface area contributed by atoms with Crippen molar-refractivity contribution in [3.63, 3.8) is 0 Å². The van der Waals surface area contributed by atoms with E-state index >= 15 is 0 Å². The molecule has 4 nitrogen and oxygen atoms in total. The fourth-order valence-corrected chi connectivity index (χ4v) is 1.15. The Morgan fingerprint density at radius 2 is 2.36 bits per heavy atom. The summed E-state index contributed by atoms with van der Waals surface area (Å²) in [4.78, 5) is 7.83. The van der Waals surface area contributed by atoms with E-state index in [0.717, 1.165) is 11.0 Å². The van der Waals surface area contributed by atoms with Gasteiger partial charge in [-0.15, -0.1) is 9.78 Å². The topological polar surface area (TPSA) is 45.5 Å². The van der Waals surface area contributed by atoms with E-state index in [-0.39, 0.29) is 0 Å². The van der Waals surface area contributed by atoms with E-state index in [9.17, 15) is 0 Å². The van der Waals surface area contributed by atoms with Crippen molar-refractivity contribution >= 4 is 22.6 Å². The smallest absolute Gasteiger partial charge is 0.207 e. The van der Waals surface area contributed by atoms with Gasteiger partial charge in [0.05, 0.1) is 0 Å². The summed E-state index contributed by atoms with van der Waals surface area (Å²) < 4.78 is 1.78. The van der Waals surface area contributed by atoms with Crippen LogP contribution in [0.4, 0.5) is 0 Å². The first kappa shape index (κ1) is 6.54. The maximum atomic E-state index is 5.79. The molecule has 0 aliphatic carbocycles. The molecule has 11 heavy (non-hydrogen) atoms. The minimum atomic E-state index is 0.479. The normalized spacial score (nSPS) is 10.7. The quantitative estimate of drug-likeness (QED) is 0.460. The van der Waals surface area contributed by atoms with Crippen molar-refractivity contribution in [2.75, 3.05) is 0 Å². The van der Waals surface area contributed by atoms with Crippen LogP contribution in [0.5, 0.6) is 0 Å². The zero-order chi connectivity index (χ0) is 7.84. The zero-order valence-electron chi connectivity index (χ0n) is 5.87. The summed E-state index contributed by atoms with van der Waals surface area (Å²) in [6, 6.07) is 0. The van der Waals surface area contributed by atoms with Gasteiger partial charge in [0.15, 0.2) is 7.05 Å². The first-order chi connectivity index (χ1) is 5.27. The molecule has 0 saturated heterocycles. The molecule has 0 unspecified atom stereocenters. The molecule has 0 amide bonds. The molecule has 5 heteroatoms. The number of fused-ring (bicyclic) bond motifs is 1. The highest BCUT2D eigenvalue weighted by Gasteiger charge is 2.07. The Morgan fingerprint density at radius 1 is 1.55 bits per heavy atom. The second kappa shape index (κ2) is 2.17. The fourth-order valence-electron chi connectivity index (χ4n) is 0.971. The summed E-state index contributed by atoms with van der Waals surface area (Å²) in [5, 5.41) is 4.30. The van der Waals surface area contributed by atoms with Gasteiger partial charge in [0.1, 0.15) is 16.9 Å². The van der Waals surface area contributed by atoms with Crippen LogP contribution in [0.3, 0.4) is 0 Å². The fraction of sp³-hybridized carbons (Fsp3) is 0.167. The number of H-pyrrole nitrogens is 1. The van der Waals surface area contributed by atoms with E-state index in [2.05, 4.69) is 15.1 Å². The Morgan fingerprint density at radius 3 is 3.09 bits per heavy atom. The molecule has 2 rings (SSSR count). The van der Waals surface area contributed by atoms with Crippen LogP contribution in [0.1, 0.15) is 0 Å². The molecule has 56 valence electrons. The van der Waals surface area contributed by atoms with E-state index in [1.165, 1.54) is 6.33 Å². The molecule has 0 bridgehead atoms. The lowest BCUT2D eigenvalue weighted by Gasteiger charge is -1.84. The second-order valence-electron chi connectivity index (χ2n) is 2.28. The van der Waals surface area contributed by atoms with Crippen molar-refractivity contribution in [2.24, 2.45) is 7.05 Å². The van der Waals surface area contributed by atoms with Crippen molar-refractivity contribution in [1.29, 1.82) is 0 Å². The highest BCUT2D eigenvalue weighted by molar-refractivity contribution is 6.33. The summed E-state index contributed by atoms with van der Waals surface area (Å²) in [7, 11) is 1.87. The van der Waals surface area contributed by atoms with Crippen molar-refractivity contribution < 1.29 is 4.68 Å².